The van der Waals surface area contributed by atoms with Crippen LogP contribution >= 0.6 is 0 Å². The number of oxime groups is 1. The smallest absolute Gasteiger partial charge is 0.407 e. The average molecular weight is 316 g/mol. The molecule has 7 nitrogen and oxygen atoms in total. The van der Waals surface area contributed by atoms with Crippen LogP contribution < -0.4 is 5.32 Å². The number of unbranched alkanes of at least 4 members (excludes halogenated alkanes) is 3. The van der Waals surface area contributed by atoms with Gasteiger partial charge in [-0.05, 0) is 40.5 Å². The van der Waals surface area contributed by atoms with Crippen LogP contribution in [0.15, 0.2) is 5.16 Å². The Balaban J connectivity index is 3.66. The Morgan fingerprint density at radius 1 is 1.14 bits per heavy atom. The average Bonchev–Trinajstić information content (AvgIpc) is 2.40. The van der Waals surface area contributed by atoms with E-state index in [0.29, 0.717) is 13.0 Å². The van der Waals surface area contributed by atoms with Gasteiger partial charge in [0.1, 0.15) is 5.60 Å². The molecule has 0 rings (SSSR count). The van der Waals surface area contributed by atoms with Gasteiger partial charge >= 0.3 is 12.1 Å². The molecule has 0 spiro atoms. The predicted molar refractivity (Wildman–Crippen MR) is 83.2 cm³/mol. The van der Waals surface area contributed by atoms with E-state index in [1.54, 1.807) is 6.92 Å². The van der Waals surface area contributed by atoms with Gasteiger partial charge in [-0.1, -0.05) is 18.0 Å². The van der Waals surface area contributed by atoms with Gasteiger partial charge in [-0.25, -0.2) is 9.59 Å². The fourth-order valence-corrected chi connectivity index (χ4v) is 1.68. The quantitative estimate of drug-likeness (QED) is 0.224. The second-order valence-corrected chi connectivity index (χ2v) is 5.86. The van der Waals surface area contributed by atoms with Crippen molar-refractivity contribution in [3.8, 4) is 0 Å². The van der Waals surface area contributed by atoms with Gasteiger partial charge in [0, 0.05) is 13.0 Å². The molecule has 0 saturated heterocycles. The van der Waals surface area contributed by atoms with E-state index in [1.807, 2.05) is 20.8 Å². The van der Waals surface area contributed by atoms with Crippen molar-refractivity contribution in [3.05, 3.63) is 0 Å². The molecule has 0 aliphatic heterocycles. The molecule has 7 heteroatoms. The highest BCUT2D eigenvalue weighted by atomic mass is 16.6. The maximum absolute atomic E-state index is 11.4. The molecule has 0 saturated carbocycles. The van der Waals surface area contributed by atoms with E-state index in [2.05, 4.69) is 10.5 Å². The van der Waals surface area contributed by atoms with Crippen LogP contribution in [-0.2, 0) is 14.3 Å². The van der Waals surface area contributed by atoms with Gasteiger partial charge in [-0.2, -0.15) is 0 Å². The lowest BCUT2D eigenvalue weighted by Gasteiger charge is -2.19. The first-order valence-corrected chi connectivity index (χ1v) is 7.65. The van der Waals surface area contributed by atoms with Crippen molar-refractivity contribution in [2.75, 3.05) is 13.2 Å². The Kier molecular flexibility index (Phi) is 9.98. The van der Waals surface area contributed by atoms with Gasteiger partial charge in [-0.3, -0.25) is 0 Å². The first-order chi connectivity index (χ1) is 10.3. The third kappa shape index (κ3) is 10.9. The highest BCUT2D eigenvalue weighted by Gasteiger charge is 2.15. The number of rotatable bonds is 9. The van der Waals surface area contributed by atoms with Crippen molar-refractivity contribution < 1.29 is 24.3 Å². The Morgan fingerprint density at radius 3 is 2.32 bits per heavy atom. The number of hydrogen-bond acceptors (Lipinski definition) is 6. The van der Waals surface area contributed by atoms with Gasteiger partial charge in [0.25, 0.3) is 0 Å². The van der Waals surface area contributed by atoms with Crippen molar-refractivity contribution in [2.45, 2.75) is 65.4 Å². The number of esters is 1. The van der Waals surface area contributed by atoms with Gasteiger partial charge in [0.05, 0.1) is 6.61 Å². The third-order valence-electron chi connectivity index (χ3n) is 2.64. The molecule has 0 aliphatic carbocycles. The Labute approximate surface area is 132 Å². The third-order valence-corrected chi connectivity index (χ3v) is 2.64. The van der Waals surface area contributed by atoms with E-state index < -0.39 is 17.7 Å². The van der Waals surface area contributed by atoms with Crippen LogP contribution in [0.4, 0.5) is 4.79 Å². The van der Waals surface area contributed by atoms with Crippen molar-refractivity contribution in [2.24, 2.45) is 5.16 Å². The molecule has 0 fully saturated rings. The zero-order chi connectivity index (χ0) is 17.0. The fraction of sp³-hybridized carbons (Fsp3) is 0.800. The number of amides is 1. The molecular weight excluding hydrogens is 288 g/mol. The summed E-state index contributed by atoms with van der Waals surface area (Å²) in [6.07, 6.45) is 3.29. The minimum Gasteiger partial charge on any atom is -0.461 e. The predicted octanol–water partition coefficient (Wildman–Crippen LogP) is 2.85. The number of alkyl carbamates (subject to hydrolysis) is 1. The van der Waals surface area contributed by atoms with Crippen molar-refractivity contribution in [1.29, 1.82) is 0 Å². The number of hydrogen-bond donors (Lipinski definition) is 2. The Morgan fingerprint density at radius 2 is 1.77 bits per heavy atom. The highest BCUT2D eigenvalue weighted by molar-refractivity contribution is 6.36. The van der Waals surface area contributed by atoms with Crippen molar-refractivity contribution in [3.63, 3.8) is 0 Å². The maximum atomic E-state index is 11.4. The second-order valence-electron chi connectivity index (χ2n) is 5.86. The first-order valence-electron chi connectivity index (χ1n) is 7.65. The van der Waals surface area contributed by atoms with E-state index >= 15 is 0 Å². The monoisotopic (exact) mass is 316 g/mol. The van der Waals surface area contributed by atoms with Crippen LogP contribution in [0.25, 0.3) is 0 Å². The fourth-order valence-electron chi connectivity index (χ4n) is 1.68. The second kappa shape index (κ2) is 10.9. The molecule has 0 unspecified atom stereocenters. The molecule has 0 aliphatic rings. The largest absolute Gasteiger partial charge is 0.461 e. The SMILES string of the molecule is CCOC(=O)/C(CCCCCCNC(=O)OC(C)(C)C)=N/O. The summed E-state index contributed by atoms with van der Waals surface area (Å²) < 4.78 is 9.88. The molecule has 22 heavy (non-hydrogen) atoms. The van der Waals surface area contributed by atoms with E-state index in [9.17, 15) is 9.59 Å². The van der Waals surface area contributed by atoms with E-state index in [-0.39, 0.29) is 12.3 Å². The molecule has 0 aromatic heterocycles. The van der Waals surface area contributed by atoms with Crippen molar-refractivity contribution in [1.82, 2.24) is 5.32 Å². The summed E-state index contributed by atoms with van der Waals surface area (Å²) in [5.41, 5.74) is -0.439. The number of carbonyl (C=O) groups is 2. The topological polar surface area (TPSA) is 97.2 Å². The molecule has 0 radical (unpaired) electrons. The summed E-state index contributed by atoms with van der Waals surface area (Å²) in [5, 5.41) is 14.4. The lowest BCUT2D eigenvalue weighted by molar-refractivity contribution is -0.135. The van der Waals surface area contributed by atoms with Crippen LogP contribution in [0.3, 0.4) is 0 Å². The summed E-state index contributed by atoms with van der Waals surface area (Å²) in [4.78, 5) is 22.7. The number of nitrogens with one attached hydrogen (secondary N) is 1. The summed E-state index contributed by atoms with van der Waals surface area (Å²) in [5.74, 6) is -0.573. The lowest BCUT2D eigenvalue weighted by Crippen LogP contribution is -2.32. The van der Waals surface area contributed by atoms with Crippen LogP contribution in [0.1, 0.15) is 59.8 Å². The van der Waals surface area contributed by atoms with Crippen LogP contribution in [0.5, 0.6) is 0 Å². The molecule has 0 aromatic rings. The van der Waals surface area contributed by atoms with Gasteiger partial charge in [0.15, 0.2) is 5.71 Å². The summed E-state index contributed by atoms with van der Waals surface area (Å²) in [7, 11) is 0. The molecule has 0 bridgehead atoms. The van der Waals surface area contributed by atoms with E-state index in [4.69, 9.17) is 14.7 Å². The normalized spacial score (nSPS) is 11.9. The molecule has 2 N–H and O–H groups in total. The number of ether oxygens (including phenoxy) is 2. The molecular formula is C15H28N2O5. The molecule has 0 heterocycles. The van der Waals surface area contributed by atoms with Crippen molar-refractivity contribution >= 4 is 17.8 Å². The zero-order valence-corrected chi connectivity index (χ0v) is 14.0. The highest BCUT2D eigenvalue weighted by Crippen LogP contribution is 2.07. The molecule has 1 amide bonds. The van der Waals surface area contributed by atoms with Crippen LogP contribution in [0, 0.1) is 0 Å². The summed E-state index contributed by atoms with van der Waals surface area (Å²) >= 11 is 0. The lowest BCUT2D eigenvalue weighted by atomic mass is 10.1. The van der Waals surface area contributed by atoms with Gasteiger partial charge < -0.3 is 20.0 Å². The summed E-state index contributed by atoms with van der Waals surface area (Å²) in [6, 6.07) is 0. The van der Waals surface area contributed by atoms with Crippen LogP contribution in [0.2, 0.25) is 0 Å². The van der Waals surface area contributed by atoms with Crippen LogP contribution in [-0.4, -0.2) is 41.7 Å². The standard InChI is InChI=1S/C15H28N2O5/c1-5-21-13(18)12(17-20)10-8-6-7-9-11-16-14(19)22-15(2,3)4/h20H,5-11H2,1-4H3,(H,16,19)/b17-12+. The molecule has 128 valence electrons. The van der Waals surface area contributed by atoms with E-state index in [0.717, 1.165) is 25.7 Å². The summed E-state index contributed by atoms with van der Waals surface area (Å²) in [6.45, 7) is 7.95. The van der Waals surface area contributed by atoms with E-state index in [1.165, 1.54) is 0 Å². The molecule has 0 aromatic carbocycles. The van der Waals surface area contributed by atoms with Gasteiger partial charge in [-0.15, -0.1) is 0 Å². The Hall–Kier alpha value is -1.79. The maximum Gasteiger partial charge on any atom is 0.407 e. The van der Waals surface area contributed by atoms with Gasteiger partial charge in [0.2, 0.25) is 0 Å². The number of nitrogens with zero attached hydrogens (tertiary/aromatic N) is 1. The zero-order valence-electron chi connectivity index (χ0n) is 14.0. The molecule has 0 atom stereocenters. The number of carbonyl (C=O) groups excluding carboxylic acids is 2. The first kappa shape index (κ1) is 20.2. The minimum absolute atomic E-state index is 0.0497. The Bertz CT molecular complexity index is 375. The minimum atomic E-state index is -0.573.